The molecule has 5 nitrogen and oxygen atoms in total. The molecule has 0 unspecified atom stereocenters. The van der Waals surface area contributed by atoms with Crippen molar-refractivity contribution in [3.05, 3.63) is 44.2 Å². The van der Waals surface area contributed by atoms with Crippen LogP contribution in [0.5, 0.6) is 5.75 Å². The molecule has 2 amide bonds. The van der Waals surface area contributed by atoms with Gasteiger partial charge in [-0.15, -0.1) is 11.3 Å². The molecule has 0 aliphatic heterocycles. The second-order valence-electron chi connectivity index (χ2n) is 6.23. The lowest BCUT2D eigenvalue weighted by Crippen LogP contribution is -2.22. The number of anilines is 1. The van der Waals surface area contributed by atoms with Crippen LogP contribution in [0.1, 0.15) is 53.1 Å². The number of benzene rings is 1. The van der Waals surface area contributed by atoms with Gasteiger partial charge in [0.25, 0.3) is 11.8 Å². The molecule has 0 saturated carbocycles. The number of ether oxygens (including phenoxy) is 1. The van der Waals surface area contributed by atoms with E-state index in [2.05, 4.69) is 35.1 Å². The summed E-state index contributed by atoms with van der Waals surface area (Å²) in [5.74, 6) is 0.0793. The number of hydrogen-bond acceptors (Lipinski definition) is 4. The van der Waals surface area contributed by atoms with Crippen LogP contribution in [-0.2, 0) is 11.2 Å². The van der Waals surface area contributed by atoms with Crippen LogP contribution in [0.3, 0.4) is 0 Å². The summed E-state index contributed by atoms with van der Waals surface area (Å²) < 4.78 is 6.67. The Balaban J connectivity index is 2.13. The number of amides is 2. The Morgan fingerprint density at radius 2 is 2.04 bits per heavy atom. The van der Waals surface area contributed by atoms with E-state index in [-0.39, 0.29) is 18.4 Å². The van der Waals surface area contributed by atoms with E-state index >= 15 is 0 Å². The summed E-state index contributed by atoms with van der Waals surface area (Å²) in [6.45, 7) is 7.86. The Bertz CT molecular complexity index is 830. The SMILES string of the molecule is CCc1c(C)sc(NC(=O)COc2ccc(Br)cc2C(C)C)c1C(N)=O. The monoisotopic (exact) mass is 438 g/mol. The van der Waals surface area contributed by atoms with Gasteiger partial charge in [0.1, 0.15) is 10.8 Å². The van der Waals surface area contributed by atoms with Crippen molar-refractivity contribution < 1.29 is 14.3 Å². The Morgan fingerprint density at radius 1 is 1.35 bits per heavy atom. The zero-order valence-electron chi connectivity index (χ0n) is 15.3. The number of carbonyl (C=O) groups is 2. The number of thiophene rings is 1. The fourth-order valence-electron chi connectivity index (χ4n) is 2.76. The lowest BCUT2D eigenvalue weighted by molar-refractivity contribution is -0.118. The third-order valence-electron chi connectivity index (χ3n) is 4.01. The molecule has 1 aromatic carbocycles. The van der Waals surface area contributed by atoms with Gasteiger partial charge >= 0.3 is 0 Å². The van der Waals surface area contributed by atoms with E-state index < -0.39 is 5.91 Å². The van der Waals surface area contributed by atoms with Crippen molar-refractivity contribution in [1.29, 1.82) is 0 Å². The average molecular weight is 439 g/mol. The molecule has 0 spiro atoms. The van der Waals surface area contributed by atoms with Crippen molar-refractivity contribution in [2.45, 2.75) is 40.0 Å². The highest BCUT2D eigenvalue weighted by molar-refractivity contribution is 9.10. The third-order valence-corrected chi connectivity index (χ3v) is 5.57. The first-order chi connectivity index (χ1) is 12.2. The zero-order valence-corrected chi connectivity index (χ0v) is 17.7. The summed E-state index contributed by atoms with van der Waals surface area (Å²) in [7, 11) is 0. The maximum atomic E-state index is 12.3. The summed E-state index contributed by atoms with van der Waals surface area (Å²) in [5, 5.41) is 3.25. The minimum Gasteiger partial charge on any atom is -0.483 e. The molecule has 0 fully saturated rings. The van der Waals surface area contributed by atoms with Crippen LogP contribution in [0.4, 0.5) is 5.00 Å². The molecule has 2 rings (SSSR count). The van der Waals surface area contributed by atoms with Crippen LogP contribution >= 0.6 is 27.3 Å². The summed E-state index contributed by atoms with van der Waals surface area (Å²) in [6, 6.07) is 5.70. The van der Waals surface area contributed by atoms with Gasteiger partial charge in [0.15, 0.2) is 6.61 Å². The van der Waals surface area contributed by atoms with Crippen LogP contribution in [0, 0.1) is 6.92 Å². The Labute approximate surface area is 166 Å². The highest BCUT2D eigenvalue weighted by Crippen LogP contribution is 2.33. The maximum Gasteiger partial charge on any atom is 0.262 e. The molecular formula is C19H23BrN2O3S. The smallest absolute Gasteiger partial charge is 0.262 e. The minimum atomic E-state index is -0.530. The molecule has 0 saturated heterocycles. The van der Waals surface area contributed by atoms with Gasteiger partial charge in [-0.05, 0) is 48.6 Å². The quantitative estimate of drug-likeness (QED) is 0.661. The van der Waals surface area contributed by atoms with Crippen LogP contribution in [0.2, 0.25) is 0 Å². The fraction of sp³-hybridized carbons (Fsp3) is 0.368. The molecule has 0 bridgehead atoms. The third kappa shape index (κ3) is 4.65. The number of aryl methyl sites for hydroxylation is 1. The lowest BCUT2D eigenvalue weighted by atomic mass is 10.0. The van der Waals surface area contributed by atoms with E-state index in [4.69, 9.17) is 10.5 Å². The Hall–Kier alpha value is -1.86. The molecule has 0 atom stereocenters. The van der Waals surface area contributed by atoms with E-state index in [1.807, 2.05) is 32.0 Å². The molecule has 7 heteroatoms. The van der Waals surface area contributed by atoms with Crippen molar-refractivity contribution in [2.24, 2.45) is 5.73 Å². The first-order valence-electron chi connectivity index (χ1n) is 8.38. The summed E-state index contributed by atoms with van der Waals surface area (Å²) >= 11 is 4.81. The maximum absolute atomic E-state index is 12.3. The van der Waals surface area contributed by atoms with E-state index in [9.17, 15) is 9.59 Å². The van der Waals surface area contributed by atoms with Gasteiger partial charge in [-0.1, -0.05) is 36.7 Å². The van der Waals surface area contributed by atoms with E-state index in [1.165, 1.54) is 11.3 Å². The molecule has 140 valence electrons. The molecule has 3 N–H and O–H groups in total. The fourth-order valence-corrected chi connectivity index (χ4v) is 4.31. The van der Waals surface area contributed by atoms with Gasteiger partial charge in [-0.2, -0.15) is 0 Å². The second-order valence-corrected chi connectivity index (χ2v) is 8.37. The number of carbonyl (C=O) groups excluding carboxylic acids is 2. The summed E-state index contributed by atoms with van der Waals surface area (Å²) in [5.41, 5.74) is 7.79. The highest BCUT2D eigenvalue weighted by Gasteiger charge is 2.20. The number of rotatable bonds is 7. The number of hydrogen-bond donors (Lipinski definition) is 2. The molecule has 2 aromatic rings. The molecule has 0 radical (unpaired) electrons. The molecule has 0 aliphatic rings. The number of nitrogens with one attached hydrogen (secondary N) is 1. The lowest BCUT2D eigenvalue weighted by Gasteiger charge is -2.14. The Morgan fingerprint density at radius 3 is 2.62 bits per heavy atom. The molecular weight excluding hydrogens is 416 g/mol. The second kappa shape index (κ2) is 8.68. The van der Waals surface area contributed by atoms with Gasteiger partial charge in [0.2, 0.25) is 0 Å². The van der Waals surface area contributed by atoms with Gasteiger partial charge in [0, 0.05) is 9.35 Å². The summed E-state index contributed by atoms with van der Waals surface area (Å²) in [4.78, 5) is 25.1. The number of primary amides is 1. The predicted molar refractivity (Wildman–Crippen MR) is 109 cm³/mol. The van der Waals surface area contributed by atoms with Crippen molar-refractivity contribution in [2.75, 3.05) is 11.9 Å². The average Bonchev–Trinajstić information content (AvgIpc) is 2.88. The van der Waals surface area contributed by atoms with Crippen molar-refractivity contribution in [3.63, 3.8) is 0 Å². The normalized spacial score (nSPS) is 10.8. The Kier molecular flexibility index (Phi) is 6.83. The van der Waals surface area contributed by atoms with Crippen molar-refractivity contribution in [3.8, 4) is 5.75 Å². The van der Waals surface area contributed by atoms with Crippen LogP contribution < -0.4 is 15.8 Å². The first-order valence-corrected chi connectivity index (χ1v) is 9.99. The first kappa shape index (κ1) is 20.5. The van der Waals surface area contributed by atoms with Crippen LogP contribution in [0.15, 0.2) is 22.7 Å². The van der Waals surface area contributed by atoms with Gasteiger partial charge in [-0.25, -0.2) is 0 Å². The topological polar surface area (TPSA) is 81.4 Å². The highest BCUT2D eigenvalue weighted by atomic mass is 79.9. The van der Waals surface area contributed by atoms with Gasteiger partial charge < -0.3 is 15.8 Å². The van der Waals surface area contributed by atoms with Crippen LogP contribution in [0.25, 0.3) is 0 Å². The largest absolute Gasteiger partial charge is 0.483 e. The molecule has 1 aromatic heterocycles. The molecule has 0 aliphatic carbocycles. The van der Waals surface area contributed by atoms with Gasteiger partial charge in [0.05, 0.1) is 5.56 Å². The number of halogens is 1. The van der Waals surface area contributed by atoms with E-state index in [0.717, 1.165) is 20.5 Å². The predicted octanol–water partition coefficient (Wildman–Crippen LogP) is 4.62. The van der Waals surface area contributed by atoms with E-state index in [1.54, 1.807) is 0 Å². The van der Waals surface area contributed by atoms with E-state index in [0.29, 0.717) is 22.7 Å². The molecule has 1 heterocycles. The van der Waals surface area contributed by atoms with Crippen molar-refractivity contribution >= 4 is 44.1 Å². The summed E-state index contributed by atoms with van der Waals surface area (Å²) in [6.07, 6.45) is 0.684. The minimum absolute atomic E-state index is 0.141. The zero-order chi connectivity index (χ0) is 19.4. The van der Waals surface area contributed by atoms with Crippen LogP contribution in [-0.4, -0.2) is 18.4 Å². The number of nitrogens with two attached hydrogens (primary N) is 1. The molecule has 26 heavy (non-hydrogen) atoms. The van der Waals surface area contributed by atoms with Gasteiger partial charge in [-0.3, -0.25) is 9.59 Å². The standard InChI is InChI=1S/C19H23BrN2O3S/c1-5-13-11(4)26-19(17(13)18(21)24)22-16(23)9-25-15-7-6-12(20)8-14(15)10(2)3/h6-8,10H,5,9H2,1-4H3,(H2,21,24)(H,22,23). The van der Waals surface area contributed by atoms with Crippen molar-refractivity contribution in [1.82, 2.24) is 0 Å².